The number of hydrogen-bond acceptors (Lipinski definition) is 7. The fourth-order valence-corrected chi connectivity index (χ4v) is 4.21. The smallest absolute Gasteiger partial charge is 0.411 e. The van der Waals surface area contributed by atoms with E-state index in [1.807, 2.05) is 53.0 Å². The molecule has 0 fully saturated rings. The van der Waals surface area contributed by atoms with Gasteiger partial charge in [0.25, 0.3) is 0 Å². The maximum Gasteiger partial charge on any atom is 0.411 e. The van der Waals surface area contributed by atoms with Gasteiger partial charge in [0.1, 0.15) is 22.1 Å². The van der Waals surface area contributed by atoms with E-state index in [2.05, 4.69) is 25.5 Å². The van der Waals surface area contributed by atoms with E-state index in [0.717, 1.165) is 21.5 Å². The molecule has 0 spiro atoms. The maximum absolute atomic E-state index is 12.7. The number of nitrogens with zero attached hydrogens (tertiary/aromatic N) is 4. The van der Waals surface area contributed by atoms with Crippen LogP contribution >= 0.6 is 11.3 Å². The second-order valence-electron chi connectivity index (χ2n) is 8.44. The molecule has 28 heavy (non-hydrogen) atoms. The first-order chi connectivity index (χ1) is 13.1. The van der Waals surface area contributed by atoms with E-state index in [9.17, 15) is 4.79 Å². The van der Waals surface area contributed by atoms with Crippen LogP contribution in [0.25, 0.3) is 10.2 Å². The molecule has 0 bridgehead atoms. The van der Waals surface area contributed by atoms with E-state index in [0.29, 0.717) is 24.0 Å². The van der Waals surface area contributed by atoms with Crippen molar-refractivity contribution >= 4 is 39.3 Å². The van der Waals surface area contributed by atoms with Crippen molar-refractivity contribution in [3.63, 3.8) is 0 Å². The molecule has 0 radical (unpaired) electrons. The lowest BCUT2D eigenvalue weighted by Gasteiger charge is -2.33. The van der Waals surface area contributed by atoms with Gasteiger partial charge in [0.15, 0.2) is 5.82 Å². The zero-order valence-corrected chi connectivity index (χ0v) is 17.7. The number of hydrogen-bond donors (Lipinski definition) is 2. The van der Waals surface area contributed by atoms with Gasteiger partial charge in [0.2, 0.25) is 0 Å². The van der Waals surface area contributed by atoms with Crippen LogP contribution in [0.15, 0.2) is 11.4 Å². The molecule has 0 unspecified atom stereocenters. The molecule has 0 atom stereocenters. The Bertz CT molecular complexity index is 1060. The van der Waals surface area contributed by atoms with Crippen molar-refractivity contribution in [1.82, 2.24) is 25.1 Å². The number of H-pyrrole nitrogens is 1. The first-order valence-corrected chi connectivity index (χ1v) is 10.0. The highest BCUT2D eigenvalue weighted by atomic mass is 32.1. The summed E-state index contributed by atoms with van der Waals surface area (Å²) in [4.78, 5) is 24.4. The van der Waals surface area contributed by atoms with Crippen molar-refractivity contribution in [3.05, 3.63) is 28.5 Å². The van der Waals surface area contributed by atoms with E-state index in [-0.39, 0.29) is 6.09 Å². The first-order valence-electron chi connectivity index (χ1n) is 9.13. The molecule has 8 nitrogen and oxygen atoms in total. The zero-order valence-electron chi connectivity index (χ0n) is 16.9. The van der Waals surface area contributed by atoms with Crippen molar-refractivity contribution in [2.24, 2.45) is 0 Å². The molecule has 3 aromatic rings. The third kappa shape index (κ3) is 3.09. The van der Waals surface area contributed by atoms with Gasteiger partial charge in [-0.25, -0.2) is 14.8 Å². The Morgan fingerprint density at radius 3 is 2.79 bits per heavy atom. The Kier molecular flexibility index (Phi) is 4.11. The minimum Gasteiger partial charge on any atom is -0.444 e. The third-order valence-electron chi connectivity index (χ3n) is 4.76. The van der Waals surface area contributed by atoms with Gasteiger partial charge in [0.05, 0.1) is 23.2 Å². The number of carbonyl (C=O) groups excluding carboxylic acids is 1. The van der Waals surface area contributed by atoms with Gasteiger partial charge >= 0.3 is 6.09 Å². The van der Waals surface area contributed by atoms with Gasteiger partial charge in [-0.05, 0) is 53.0 Å². The Morgan fingerprint density at radius 1 is 1.32 bits per heavy atom. The predicted molar refractivity (Wildman–Crippen MR) is 109 cm³/mol. The number of nitrogens with one attached hydrogen (secondary N) is 2. The van der Waals surface area contributed by atoms with Crippen LogP contribution in [0.2, 0.25) is 0 Å². The number of thiophene rings is 1. The van der Waals surface area contributed by atoms with E-state index >= 15 is 0 Å². The van der Waals surface area contributed by atoms with Crippen LogP contribution in [-0.2, 0) is 16.8 Å². The van der Waals surface area contributed by atoms with Crippen molar-refractivity contribution in [2.45, 2.75) is 59.2 Å². The maximum atomic E-state index is 12.7. The van der Waals surface area contributed by atoms with Crippen molar-refractivity contribution in [3.8, 4) is 0 Å². The molecular formula is C19H24N6O2S. The number of aromatic amines is 1. The van der Waals surface area contributed by atoms with Gasteiger partial charge in [-0.1, -0.05) is 0 Å². The lowest BCUT2D eigenvalue weighted by molar-refractivity contribution is 0.00452. The minimum atomic E-state index is -0.552. The van der Waals surface area contributed by atoms with E-state index in [1.165, 1.54) is 0 Å². The summed E-state index contributed by atoms with van der Waals surface area (Å²) < 4.78 is 5.59. The molecule has 1 aliphatic heterocycles. The van der Waals surface area contributed by atoms with Gasteiger partial charge in [-0.3, -0.25) is 10.00 Å². The summed E-state index contributed by atoms with van der Waals surface area (Å²) in [5, 5.41) is 13.8. The quantitative estimate of drug-likeness (QED) is 0.660. The minimum absolute atomic E-state index is 0.342. The Hall–Kier alpha value is -2.68. The van der Waals surface area contributed by atoms with Crippen LogP contribution in [0.1, 0.15) is 51.7 Å². The van der Waals surface area contributed by atoms with Gasteiger partial charge in [-0.15, -0.1) is 11.3 Å². The molecule has 148 valence electrons. The highest BCUT2D eigenvalue weighted by molar-refractivity contribution is 7.16. The molecule has 3 aromatic heterocycles. The lowest BCUT2D eigenvalue weighted by atomic mass is 10.0. The monoisotopic (exact) mass is 400 g/mol. The van der Waals surface area contributed by atoms with Gasteiger partial charge in [-0.2, -0.15) is 5.10 Å². The van der Waals surface area contributed by atoms with Crippen LogP contribution in [-0.4, -0.2) is 36.8 Å². The molecule has 9 heteroatoms. The molecule has 0 aliphatic carbocycles. The number of amides is 1. The largest absolute Gasteiger partial charge is 0.444 e. The second-order valence-corrected chi connectivity index (χ2v) is 9.33. The summed E-state index contributed by atoms with van der Waals surface area (Å²) in [7, 11) is 0. The van der Waals surface area contributed by atoms with Gasteiger partial charge in [0, 0.05) is 5.56 Å². The first kappa shape index (κ1) is 18.7. The molecule has 4 heterocycles. The normalized spacial score (nSPS) is 15.7. The van der Waals surface area contributed by atoms with Gasteiger partial charge < -0.3 is 10.1 Å². The fraction of sp³-hybridized carbons (Fsp3) is 0.474. The summed E-state index contributed by atoms with van der Waals surface area (Å²) in [5.41, 5.74) is 0.735. The van der Waals surface area contributed by atoms with Crippen LogP contribution in [0.3, 0.4) is 0 Å². The van der Waals surface area contributed by atoms with E-state index in [1.54, 1.807) is 16.2 Å². The topological polar surface area (TPSA) is 96.0 Å². The zero-order chi connectivity index (χ0) is 20.3. The third-order valence-corrected chi connectivity index (χ3v) is 5.56. The molecule has 0 aromatic carbocycles. The standard InChI is InChI=1S/C19H24N6O2S/c1-10-20-14(11-7-8-28-16(11)21-10)22-15-12-9-25(17(26)27-18(2,3)4)19(5,6)13(12)23-24-15/h7-8H,9H2,1-6H3,(H2,20,21,22,23,24). The molecule has 2 N–H and O–H groups in total. The summed E-state index contributed by atoms with van der Waals surface area (Å²) in [5.74, 6) is 2.08. The highest BCUT2D eigenvalue weighted by Crippen LogP contribution is 2.42. The van der Waals surface area contributed by atoms with Crippen LogP contribution in [0.4, 0.5) is 16.4 Å². The molecule has 0 saturated carbocycles. The fourth-order valence-electron chi connectivity index (χ4n) is 3.40. The van der Waals surface area contributed by atoms with Crippen molar-refractivity contribution < 1.29 is 9.53 Å². The predicted octanol–water partition coefficient (Wildman–Crippen LogP) is 4.45. The van der Waals surface area contributed by atoms with E-state index < -0.39 is 11.1 Å². The summed E-state index contributed by atoms with van der Waals surface area (Å²) in [6.07, 6.45) is -0.342. The molecule has 1 amide bonds. The number of aromatic nitrogens is 4. The Labute approximate surface area is 167 Å². The Balaban J connectivity index is 1.66. The number of anilines is 2. The van der Waals surface area contributed by atoms with Crippen molar-refractivity contribution in [2.75, 3.05) is 5.32 Å². The lowest BCUT2D eigenvalue weighted by Crippen LogP contribution is -2.43. The van der Waals surface area contributed by atoms with Crippen molar-refractivity contribution in [1.29, 1.82) is 0 Å². The van der Waals surface area contributed by atoms with E-state index in [4.69, 9.17) is 4.74 Å². The van der Waals surface area contributed by atoms with Crippen LogP contribution < -0.4 is 5.32 Å². The van der Waals surface area contributed by atoms with Crippen LogP contribution in [0, 0.1) is 6.92 Å². The summed E-state index contributed by atoms with van der Waals surface area (Å²) in [6, 6.07) is 1.99. The summed E-state index contributed by atoms with van der Waals surface area (Å²) in [6.45, 7) is 11.8. The second kappa shape index (κ2) is 6.16. The number of ether oxygens (including phenoxy) is 1. The molecule has 0 saturated heterocycles. The molecule has 4 rings (SSSR count). The number of fused-ring (bicyclic) bond motifs is 2. The van der Waals surface area contributed by atoms with Crippen LogP contribution in [0.5, 0.6) is 0 Å². The number of aryl methyl sites for hydroxylation is 1. The molecular weight excluding hydrogens is 376 g/mol. The number of carbonyl (C=O) groups is 1. The number of rotatable bonds is 2. The Morgan fingerprint density at radius 2 is 2.07 bits per heavy atom. The molecule has 1 aliphatic rings. The average Bonchev–Trinajstić information content (AvgIpc) is 3.22. The highest BCUT2D eigenvalue weighted by Gasteiger charge is 2.45. The summed E-state index contributed by atoms with van der Waals surface area (Å²) >= 11 is 1.57. The average molecular weight is 401 g/mol. The SMILES string of the molecule is Cc1nc(Nc2n[nH]c3c2CN(C(=O)OC(C)(C)C)C3(C)C)c2ccsc2n1.